The molecule has 2 N–H and O–H groups in total. The van der Waals surface area contributed by atoms with Gasteiger partial charge < -0.3 is 10.4 Å². The van der Waals surface area contributed by atoms with Crippen molar-refractivity contribution in [3.63, 3.8) is 0 Å². The third kappa shape index (κ3) is 3.95. The highest BCUT2D eigenvalue weighted by Crippen LogP contribution is 2.24. The van der Waals surface area contributed by atoms with Gasteiger partial charge in [-0.3, -0.25) is 0 Å². The second-order valence-corrected chi connectivity index (χ2v) is 5.44. The summed E-state index contributed by atoms with van der Waals surface area (Å²) >= 11 is 12.1. The van der Waals surface area contributed by atoms with E-state index in [2.05, 4.69) is 5.32 Å². The molecule has 0 spiro atoms. The van der Waals surface area contributed by atoms with E-state index in [4.69, 9.17) is 28.3 Å². The van der Waals surface area contributed by atoms with Crippen molar-refractivity contribution >= 4 is 23.2 Å². The average Bonchev–Trinajstić information content (AvgIpc) is 2.22. The van der Waals surface area contributed by atoms with Gasteiger partial charge in [-0.15, -0.1) is 0 Å². The Kier molecular flexibility index (Phi) is 5.06. The number of hydrogen-bond acceptors (Lipinski definition) is 2. The minimum absolute atomic E-state index is 0.131. The lowest BCUT2D eigenvalue weighted by Gasteiger charge is -2.22. The van der Waals surface area contributed by atoms with Crippen molar-refractivity contribution in [1.82, 2.24) is 5.32 Å². The number of hydrogen-bond donors (Lipinski definition) is 2. The van der Waals surface area contributed by atoms with Crippen molar-refractivity contribution in [2.45, 2.75) is 20.4 Å². The molecule has 90 valence electrons. The molecular weight excluding hydrogens is 245 g/mol. The summed E-state index contributed by atoms with van der Waals surface area (Å²) in [7, 11) is 0. The largest absolute Gasteiger partial charge is 0.396 e. The number of rotatable bonds is 5. The van der Waals surface area contributed by atoms with Crippen LogP contribution in [0.15, 0.2) is 18.2 Å². The summed E-state index contributed by atoms with van der Waals surface area (Å²) in [6.45, 7) is 5.46. The molecule has 0 fully saturated rings. The molecule has 0 aliphatic rings. The van der Waals surface area contributed by atoms with Gasteiger partial charge in [-0.05, 0) is 12.1 Å². The maximum Gasteiger partial charge on any atom is 0.0494 e. The zero-order valence-electron chi connectivity index (χ0n) is 9.56. The molecule has 0 bridgehead atoms. The van der Waals surface area contributed by atoms with Crippen molar-refractivity contribution in [2.75, 3.05) is 13.2 Å². The zero-order chi connectivity index (χ0) is 12.2. The smallest absolute Gasteiger partial charge is 0.0494 e. The van der Waals surface area contributed by atoms with E-state index in [1.165, 1.54) is 0 Å². The molecule has 1 rings (SSSR count). The van der Waals surface area contributed by atoms with Gasteiger partial charge in [0.1, 0.15) is 0 Å². The average molecular weight is 262 g/mol. The molecule has 4 heteroatoms. The molecule has 0 aromatic heterocycles. The lowest BCUT2D eigenvalue weighted by molar-refractivity contribution is 0.156. The highest BCUT2D eigenvalue weighted by atomic mass is 35.5. The predicted octanol–water partition coefficient (Wildman–Crippen LogP) is 3.10. The van der Waals surface area contributed by atoms with Gasteiger partial charge in [0.15, 0.2) is 0 Å². The van der Waals surface area contributed by atoms with E-state index in [1.807, 2.05) is 32.0 Å². The van der Waals surface area contributed by atoms with Gasteiger partial charge in [0.05, 0.1) is 0 Å². The number of aliphatic hydroxyl groups is 1. The molecule has 0 unspecified atom stereocenters. The van der Waals surface area contributed by atoms with Crippen molar-refractivity contribution < 1.29 is 5.11 Å². The fraction of sp³-hybridized carbons (Fsp3) is 0.500. The van der Waals surface area contributed by atoms with Crippen LogP contribution in [0.4, 0.5) is 0 Å². The second kappa shape index (κ2) is 5.87. The minimum Gasteiger partial charge on any atom is -0.396 e. The third-order valence-corrected chi connectivity index (χ3v) is 3.10. The summed E-state index contributed by atoms with van der Waals surface area (Å²) in [4.78, 5) is 0. The van der Waals surface area contributed by atoms with E-state index in [0.717, 1.165) is 5.56 Å². The standard InChI is InChI=1S/C12H17Cl2NO/c1-12(2,8-16)7-15-6-9-10(13)4-3-5-11(9)14/h3-5,15-16H,6-8H2,1-2H3. The van der Waals surface area contributed by atoms with Crippen LogP contribution >= 0.6 is 23.2 Å². The topological polar surface area (TPSA) is 32.3 Å². The van der Waals surface area contributed by atoms with Crippen LogP contribution in [0.2, 0.25) is 10.0 Å². The van der Waals surface area contributed by atoms with Gasteiger partial charge in [-0.1, -0.05) is 43.1 Å². The normalized spacial score (nSPS) is 11.8. The summed E-state index contributed by atoms with van der Waals surface area (Å²) in [6.07, 6.45) is 0. The van der Waals surface area contributed by atoms with E-state index in [9.17, 15) is 0 Å². The molecule has 0 heterocycles. The first-order chi connectivity index (χ1) is 7.46. The SMILES string of the molecule is CC(C)(CO)CNCc1c(Cl)cccc1Cl. The lowest BCUT2D eigenvalue weighted by atomic mass is 9.95. The Morgan fingerprint density at radius 2 is 1.81 bits per heavy atom. The Morgan fingerprint density at radius 3 is 2.31 bits per heavy atom. The van der Waals surface area contributed by atoms with Crippen LogP contribution < -0.4 is 5.32 Å². The van der Waals surface area contributed by atoms with Crippen LogP contribution in [-0.4, -0.2) is 18.3 Å². The van der Waals surface area contributed by atoms with Crippen molar-refractivity contribution in [3.8, 4) is 0 Å². The van der Waals surface area contributed by atoms with Crippen LogP contribution in [0.1, 0.15) is 19.4 Å². The molecule has 16 heavy (non-hydrogen) atoms. The quantitative estimate of drug-likeness (QED) is 0.854. The maximum absolute atomic E-state index is 9.11. The van der Waals surface area contributed by atoms with Gasteiger partial charge in [-0.2, -0.15) is 0 Å². The molecule has 0 saturated heterocycles. The van der Waals surface area contributed by atoms with Crippen LogP contribution in [0.5, 0.6) is 0 Å². The first-order valence-corrected chi connectivity index (χ1v) is 5.96. The summed E-state index contributed by atoms with van der Waals surface area (Å²) in [5.74, 6) is 0. The molecule has 0 atom stereocenters. The van der Waals surface area contributed by atoms with Crippen LogP contribution in [0.3, 0.4) is 0 Å². The second-order valence-electron chi connectivity index (χ2n) is 4.63. The van der Waals surface area contributed by atoms with Crippen molar-refractivity contribution in [2.24, 2.45) is 5.41 Å². The summed E-state index contributed by atoms with van der Waals surface area (Å²) in [5.41, 5.74) is 0.771. The summed E-state index contributed by atoms with van der Waals surface area (Å²) in [5, 5.41) is 13.7. The highest BCUT2D eigenvalue weighted by Gasteiger charge is 2.16. The minimum atomic E-state index is -0.131. The highest BCUT2D eigenvalue weighted by molar-refractivity contribution is 6.35. The number of benzene rings is 1. The fourth-order valence-electron chi connectivity index (χ4n) is 1.28. The van der Waals surface area contributed by atoms with Gasteiger partial charge in [0, 0.05) is 40.7 Å². The monoisotopic (exact) mass is 261 g/mol. The molecule has 0 aliphatic heterocycles. The molecular formula is C12H17Cl2NO. The third-order valence-electron chi connectivity index (χ3n) is 2.40. The fourth-order valence-corrected chi connectivity index (χ4v) is 1.81. The first kappa shape index (κ1) is 13.8. The Hall–Kier alpha value is -0.280. The van der Waals surface area contributed by atoms with Gasteiger partial charge in [-0.25, -0.2) is 0 Å². The first-order valence-electron chi connectivity index (χ1n) is 5.21. The number of aliphatic hydroxyl groups excluding tert-OH is 1. The van der Waals surface area contributed by atoms with Crippen molar-refractivity contribution in [1.29, 1.82) is 0 Å². The number of halogens is 2. The van der Waals surface area contributed by atoms with Gasteiger partial charge in [0.25, 0.3) is 0 Å². The van der Waals surface area contributed by atoms with E-state index in [0.29, 0.717) is 23.1 Å². The number of nitrogens with one attached hydrogen (secondary N) is 1. The van der Waals surface area contributed by atoms with Crippen molar-refractivity contribution in [3.05, 3.63) is 33.8 Å². The van der Waals surface area contributed by atoms with Crippen LogP contribution in [-0.2, 0) is 6.54 Å². The Balaban J connectivity index is 2.56. The van der Waals surface area contributed by atoms with E-state index in [-0.39, 0.29) is 12.0 Å². The zero-order valence-corrected chi connectivity index (χ0v) is 11.1. The molecule has 0 aliphatic carbocycles. The van der Waals surface area contributed by atoms with E-state index < -0.39 is 0 Å². The Bertz CT molecular complexity index is 333. The Labute approximate surface area is 107 Å². The summed E-state index contributed by atoms with van der Waals surface area (Å²) < 4.78 is 0. The van der Waals surface area contributed by atoms with E-state index >= 15 is 0 Å². The molecule has 1 aromatic carbocycles. The van der Waals surface area contributed by atoms with Crippen LogP contribution in [0.25, 0.3) is 0 Å². The molecule has 0 radical (unpaired) electrons. The lowest BCUT2D eigenvalue weighted by Crippen LogP contribution is -2.32. The maximum atomic E-state index is 9.11. The predicted molar refractivity (Wildman–Crippen MR) is 69.0 cm³/mol. The Morgan fingerprint density at radius 1 is 1.25 bits per heavy atom. The van der Waals surface area contributed by atoms with Gasteiger partial charge in [0.2, 0.25) is 0 Å². The molecule has 0 amide bonds. The van der Waals surface area contributed by atoms with E-state index in [1.54, 1.807) is 0 Å². The molecule has 1 aromatic rings. The van der Waals surface area contributed by atoms with Crippen LogP contribution in [0, 0.1) is 5.41 Å². The molecule has 0 saturated carbocycles. The summed E-state index contributed by atoms with van der Waals surface area (Å²) in [6, 6.07) is 5.47. The molecule has 2 nitrogen and oxygen atoms in total. The van der Waals surface area contributed by atoms with Gasteiger partial charge >= 0.3 is 0 Å².